The van der Waals surface area contributed by atoms with Crippen LogP contribution in [0, 0.1) is 60.3 Å². The molecule has 99 heavy (non-hydrogen) atoms. The normalized spacial score (nSPS) is 12.5. The van der Waals surface area contributed by atoms with Crippen molar-refractivity contribution in [3.63, 3.8) is 0 Å². The van der Waals surface area contributed by atoms with E-state index in [4.69, 9.17) is 9.15 Å². The summed E-state index contributed by atoms with van der Waals surface area (Å²) in [6, 6.07) is 13.7. The smallest absolute Gasteiger partial charge is 0.133 e. The minimum atomic E-state index is 0.822. The second kappa shape index (κ2) is 117. The minimum absolute atomic E-state index is 0.822. The number of rotatable bonds is 0. The van der Waals surface area contributed by atoms with Crippen LogP contribution in [0.4, 0.5) is 0 Å². The zero-order chi connectivity index (χ0) is 79.0. The van der Waals surface area contributed by atoms with Crippen LogP contribution in [0.25, 0.3) is 0 Å². The summed E-state index contributed by atoms with van der Waals surface area (Å²) in [5.74, 6) is 7.44. The zero-order valence-electron chi connectivity index (χ0n) is 71.0. The van der Waals surface area contributed by atoms with Crippen LogP contribution in [0.1, 0.15) is 265 Å². The van der Waals surface area contributed by atoms with E-state index in [-0.39, 0.29) is 0 Å². The van der Waals surface area contributed by atoms with Gasteiger partial charge in [-0.25, -0.2) is 9.97 Å². The van der Waals surface area contributed by atoms with Crippen LogP contribution in [0.5, 0.6) is 0 Å². The number of piperidine rings is 1. The summed E-state index contributed by atoms with van der Waals surface area (Å²) in [4.78, 5) is 19.3. The summed E-state index contributed by atoms with van der Waals surface area (Å²) in [6.07, 6.45) is 26.8. The van der Waals surface area contributed by atoms with Crippen molar-refractivity contribution in [3.8, 4) is 0 Å². The van der Waals surface area contributed by atoms with Crippen LogP contribution < -0.4 is 5.32 Å². The molecule has 16 heteroatoms. The molecule has 12 rings (SSSR count). The number of hydrogen-bond acceptors (Lipinski definition) is 16. The fourth-order valence-electron chi connectivity index (χ4n) is 5.54. The lowest BCUT2D eigenvalue weighted by molar-refractivity contribution is 0.0503. The van der Waals surface area contributed by atoms with Crippen LogP contribution in [0.3, 0.4) is 0 Å². The molecule has 12 nitrogen and oxygen atoms in total. The first-order valence-electron chi connectivity index (χ1n) is 37.6. The highest BCUT2D eigenvalue weighted by Gasteiger charge is 2.08. The van der Waals surface area contributed by atoms with E-state index in [1.54, 1.807) is 83.5 Å². The fraction of sp³-hybridized carbons (Fsp3) is 0.614. The third kappa shape index (κ3) is 114. The molecule has 0 radical (unpaired) electrons. The van der Waals surface area contributed by atoms with Gasteiger partial charge in [0, 0.05) is 71.4 Å². The lowest BCUT2D eigenvalue weighted by Crippen LogP contribution is -2.32. The molecule has 4 aliphatic heterocycles. The third-order valence-electron chi connectivity index (χ3n) is 10.2. The van der Waals surface area contributed by atoms with E-state index in [0.29, 0.717) is 0 Å². The number of aromatic nitrogens is 5. The Labute approximate surface area is 632 Å². The summed E-state index contributed by atoms with van der Waals surface area (Å²) in [5.41, 5.74) is 7.98. The molecule has 7 aromatic rings. The molecular formula is C83H160N8O4S4. The van der Waals surface area contributed by atoms with E-state index in [9.17, 15) is 0 Å². The molecular weight excluding hydrogens is 1300 g/mol. The monoisotopic (exact) mass is 1460 g/mol. The number of morpholine rings is 1. The number of thiophene rings is 2. The highest BCUT2D eigenvalue weighted by atomic mass is 32.2. The van der Waals surface area contributed by atoms with Gasteiger partial charge in [0.2, 0.25) is 0 Å². The van der Waals surface area contributed by atoms with Crippen molar-refractivity contribution in [3.05, 3.63) is 181 Å². The lowest BCUT2D eigenvalue weighted by Gasteiger charge is -2.21. The first-order valence-corrected chi connectivity index (χ1v) is 41.5. The number of nitrogens with one attached hydrogen (secondary N) is 1. The Kier molecular flexibility index (Phi) is 143. The standard InChI is InChI=1S/C6H13N.C6H8.C5H6N2.C5H11NO.C5H7N.C5H6O.C5H10S.2C5H6S.2C4H5NO.C4H5NS.12C2H6/c1-6-2-4-7-5-3-6;1-6-4-2-3-5-6;1-5-6-3-2-4-7-5;1-6-2-4-7-5-3-6;2*1-5-3-2-4-6-5;2*1-5-2-3-6-4-5;1-5-3-2-4-6-5;1-4-2-5-6-3-4;1-4-2-3-5-6-4;1-4-2-6-3-5-4;12*1-2/h6-7H,2-5H2,1H3;2-4H,5H2,1H3;2-4H,1H3;2-5H2,1H3;3-4H,2H2,1H3;2-4H,1H3;5H,2-4H2,1H3;2*2-4H,1H3;3*2-3H,1H3;12*1-2H3. The molecule has 3 saturated heterocycles. The van der Waals surface area contributed by atoms with Gasteiger partial charge in [0.25, 0.3) is 0 Å². The molecule has 1 unspecified atom stereocenters. The number of hydrogen-bond donors (Lipinski definition) is 1. The largest absolute Gasteiger partial charge is 0.470 e. The Balaban J connectivity index is -0.0000000811. The van der Waals surface area contributed by atoms with Crippen molar-refractivity contribution in [2.75, 3.05) is 57.9 Å². The molecule has 5 aliphatic rings. The molecule has 1 atom stereocenters. The number of allylic oxidation sites excluding steroid dienone is 6. The number of ether oxygens (including phenoxy) is 1. The van der Waals surface area contributed by atoms with Crippen LogP contribution in [-0.2, 0) is 4.74 Å². The van der Waals surface area contributed by atoms with E-state index < -0.39 is 0 Å². The number of thiazole rings is 1. The lowest BCUT2D eigenvalue weighted by atomic mass is 10.0. The number of thioether (sulfide) groups is 1. The maximum Gasteiger partial charge on any atom is 0.133 e. The Bertz CT molecular complexity index is 2050. The van der Waals surface area contributed by atoms with Gasteiger partial charge >= 0.3 is 0 Å². The summed E-state index contributed by atoms with van der Waals surface area (Å²) < 4.78 is 19.0. The van der Waals surface area contributed by atoms with E-state index in [1.165, 1.54) is 66.3 Å². The van der Waals surface area contributed by atoms with Crippen molar-refractivity contribution < 1.29 is 18.2 Å². The first-order chi connectivity index (χ1) is 48.2. The Morgan fingerprint density at radius 2 is 1.14 bits per heavy atom. The van der Waals surface area contributed by atoms with Gasteiger partial charge in [0.15, 0.2) is 0 Å². The quantitative estimate of drug-likeness (QED) is 0.155. The average molecular weight is 1460 g/mol. The van der Waals surface area contributed by atoms with Gasteiger partial charge in [0.1, 0.15) is 23.6 Å². The van der Waals surface area contributed by atoms with Crippen LogP contribution in [0.2, 0.25) is 0 Å². The van der Waals surface area contributed by atoms with Gasteiger partial charge < -0.3 is 28.4 Å². The topological polar surface area (TPSA) is 141 Å². The Morgan fingerprint density at radius 1 is 0.566 bits per heavy atom. The maximum absolute atomic E-state index is 5.10. The molecule has 3 fully saturated rings. The highest BCUT2D eigenvalue weighted by Crippen LogP contribution is 2.21. The van der Waals surface area contributed by atoms with E-state index in [2.05, 4.69) is 162 Å². The molecule has 7 aromatic heterocycles. The van der Waals surface area contributed by atoms with Gasteiger partial charge in [-0.05, 0) is 184 Å². The molecule has 580 valence electrons. The van der Waals surface area contributed by atoms with Gasteiger partial charge in [-0.1, -0.05) is 226 Å². The summed E-state index contributed by atoms with van der Waals surface area (Å²) >= 11 is 7.23. The van der Waals surface area contributed by atoms with Crippen molar-refractivity contribution in [2.24, 2.45) is 16.8 Å². The third-order valence-corrected chi connectivity index (χ3v) is 13.8. The van der Waals surface area contributed by atoms with Crippen molar-refractivity contribution in [1.82, 2.24) is 35.5 Å². The summed E-state index contributed by atoms with van der Waals surface area (Å²) in [5, 5.41) is 18.5. The van der Waals surface area contributed by atoms with Crippen LogP contribution in [0.15, 0.2) is 161 Å². The molecule has 1 N–H and O–H groups in total. The number of aliphatic imine (C=N–C) groups is 1. The van der Waals surface area contributed by atoms with Gasteiger partial charge in [-0.2, -0.15) is 23.1 Å². The molecule has 0 saturated carbocycles. The Morgan fingerprint density at radius 3 is 1.29 bits per heavy atom. The maximum atomic E-state index is 5.10. The summed E-state index contributed by atoms with van der Waals surface area (Å²) in [7, 11) is 2.11. The van der Waals surface area contributed by atoms with Crippen LogP contribution >= 0.6 is 45.8 Å². The minimum Gasteiger partial charge on any atom is -0.470 e. The molecule has 11 heterocycles. The molecule has 0 amide bonds. The Hall–Kier alpha value is -5.07. The fourth-order valence-corrected chi connectivity index (χ4v) is 8.58. The molecule has 0 bridgehead atoms. The first kappa shape index (κ1) is 121. The second-order valence-corrected chi connectivity index (χ2v) is 21.7. The van der Waals surface area contributed by atoms with E-state index >= 15 is 0 Å². The van der Waals surface area contributed by atoms with E-state index in [0.717, 1.165) is 78.9 Å². The van der Waals surface area contributed by atoms with E-state index in [1.807, 2.05) is 237 Å². The van der Waals surface area contributed by atoms with Crippen molar-refractivity contribution in [1.29, 1.82) is 0 Å². The van der Waals surface area contributed by atoms with Gasteiger partial charge in [-0.15, -0.1) is 22.7 Å². The predicted octanol–water partition coefficient (Wildman–Crippen LogP) is 28.2. The predicted molar refractivity (Wildman–Crippen MR) is 459 cm³/mol. The SMILES string of the molecule is CC.CC.CC.CC.CC.CC.CC.CC.CC.CC.CC.CC.CC1=CC=CC1.CC1=CCC=N1.CC1CCNCC1.CC1CCSC1.CN1CCOCC1.Cc1ccco1.Cc1cccs1.Cc1ccno1.Cc1ccsc1.Cc1cnoc1.Cc1cscn1.Cc1ncccn1. The number of furan rings is 1. The highest BCUT2D eigenvalue weighted by molar-refractivity contribution is 7.99. The number of aryl methyl sites for hydroxylation is 7. The van der Waals surface area contributed by atoms with Crippen molar-refractivity contribution >= 4 is 52.0 Å². The average Bonchev–Trinajstić information content (AvgIpc) is 4.56. The molecule has 0 spiro atoms. The van der Waals surface area contributed by atoms with Crippen LogP contribution in [-0.4, -0.2) is 94.3 Å². The molecule has 0 aromatic carbocycles. The van der Waals surface area contributed by atoms with Gasteiger partial charge in [0.05, 0.1) is 37.4 Å². The second-order valence-electron chi connectivity index (χ2n) is 17.9. The number of likely N-dealkylation sites (N-methyl/N-ethyl adjacent to an activating group) is 1. The summed E-state index contributed by atoms with van der Waals surface area (Å²) in [6.45, 7) is 77.0. The number of nitrogens with zero attached hydrogens (tertiary/aromatic N) is 7. The van der Waals surface area contributed by atoms with Gasteiger partial charge in [-0.3, -0.25) is 9.98 Å². The molecule has 1 aliphatic carbocycles. The van der Waals surface area contributed by atoms with Crippen molar-refractivity contribution in [2.45, 2.75) is 274 Å². The zero-order valence-corrected chi connectivity index (χ0v) is 74.3.